The number of H-pyrrole nitrogens is 1. The summed E-state index contributed by atoms with van der Waals surface area (Å²) in [5.41, 5.74) is 2.06. The molecule has 1 N–H and O–H groups in total. The lowest BCUT2D eigenvalue weighted by Crippen LogP contribution is -2.36. The molecule has 0 spiro atoms. The second kappa shape index (κ2) is 4.99. The van der Waals surface area contributed by atoms with Crippen LogP contribution in [-0.2, 0) is 0 Å². The van der Waals surface area contributed by atoms with E-state index in [4.69, 9.17) is 0 Å². The number of aryl methyl sites for hydroxylation is 2. The third kappa shape index (κ3) is 2.59. The number of nitrogens with zero attached hydrogens (tertiary/aromatic N) is 4. The van der Waals surface area contributed by atoms with E-state index in [-0.39, 0.29) is 0 Å². The monoisotopic (exact) mass is 257 g/mol. The highest BCUT2D eigenvalue weighted by Gasteiger charge is 2.24. The summed E-state index contributed by atoms with van der Waals surface area (Å²) in [7, 11) is 0. The molecule has 1 unspecified atom stereocenters. The van der Waals surface area contributed by atoms with Gasteiger partial charge in [0.25, 0.3) is 0 Å². The van der Waals surface area contributed by atoms with E-state index in [1.807, 2.05) is 32.3 Å². The Balaban J connectivity index is 1.81. The van der Waals surface area contributed by atoms with Crippen molar-refractivity contribution < 1.29 is 0 Å². The van der Waals surface area contributed by atoms with Gasteiger partial charge >= 0.3 is 0 Å². The first-order valence-corrected chi connectivity index (χ1v) is 6.79. The maximum atomic E-state index is 4.56. The van der Waals surface area contributed by atoms with E-state index in [0.29, 0.717) is 5.92 Å². The van der Waals surface area contributed by atoms with Crippen LogP contribution in [0.25, 0.3) is 0 Å². The second-order valence-corrected chi connectivity index (χ2v) is 5.21. The van der Waals surface area contributed by atoms with Crippen molar-refractivity contribution in [1.29, 1.82) is 0 Å². The Kier molecular flexibility index (Phi) is 3.19. The van der Waals surface area contributed by atoms with Crippen LogP contribution < -0.4 is 4.90 Å². The molecule has 2 aromatic rings. The largest absolute Gasteiger partial charge is 0.348 e. The number of hydrogen-bond donors (Lipinski definition) is 1. The second-order valence-electron chi connectivity index (χ2n) is 5.21. The minimum Gasteiger partial charge on any atom is -0.348 e. The molecule has 5 nitrogen and oxygen atoms in total. The van der Waals surface area contributed by atoms with Gasteiger partial charge in [-0.25, -0.2) is 15.0 Å². The van der Waals surface area contributed by atoms with Gasteiger partial charge in [0.05, 0.1) is 0 Å². The Morgan fingerprint density at radius 1 is 1.26 bits per heavy atom. The average molecular weight is 257 g/mol. The quantitative estimate of drug-likeness (QED) is 0.896. The van der Waals surface area contributed by atoms with Crippen LogP contribution in [0.3, 0.4) is 0 Å². The van der Waals surface area contributed by atoms with Crippen LogP contribution in [0, 0.1) is 13.8 Å². The van der Waals surface area contributed by atoms with E-state index in [1.54, 1.807) is 0 Å². The normalized spacial score (nSPS) is 19.7. The molecule has 0 amide bonds. The van der Waals surface area contributed by atoms with Gasteiger partial charge in [0.1, 0.15) is 5.82 Å². The van der Waals surface area contributed by atoms with E-state index in [0.717, 1.165) is 42.7 Å². The van der Waals surface area contributed by atoms with Crippen LogP contribution in [-0.4, -0.2) is 33.0 Å². The molecule has 1 saturated heterocycles. The summed E-state index contributed by atoms with van der Waals surface area (Å²) >= 11 is 0. The predicted octanol–water partition coefficient (Wildman–Crippen LogP) is 2.20. The summed E-state index contributed by atoms with van der Waals surface area (Å²) < 4.78 is 0. The smallest absolute Gasteiger partial charge is 0.225 e. The molecule has 3 rings (SSSR count). The van der Waals surface area contributed by atoms with Gasteiger partial charge in [0, 0.05) is 42.8 Å². The fourth-order valence-electron chi connectivity index (χ4n) is 2.73. The lowest BCUT2D eigenvalue weighted by molar-refractivity contribution is 0.488. The molecule has 1 atom stereocenters. The number of imidazole rings is 1. The van der Waals surface area contributed by atoms with Gasteiger partial charge in [0.15, 0.2) is 0 Å². The van der Waals surface area contributed by atoms with Gasteiger partial charge in [-0.2, -0.15) is 0 Å². The molecule has 0 aromatic carbocycles. The summed E-state index contributed by atoms with van der Waals surface area (Å²) in [6.45, 7) is 6.01. The lowest BCUT2D eigenvalue weighted by atomic mass is 9.98. The lowest BCUT2D eigenvalue weighted by Gasteiger charge is -2.32. The number of anilines is 1. The SMILES string of the molecule is Cc1cc(C)nc(N2CCCC(c3ncc[nH]3)C2)n1. The summed E-state index contributed by atoms with van der Waals surface area (Å²) in [6, 6.07) is 2.01. The summed E-state index contributed by atoms with van der Waals surface area (Å²) in [5, 5.41) is 0. The molecule has 1 aliphatic heterocycles. The average Bonchev–Trinajstić information content (AvgIpc) is 2.92. The van der Waals surface area contributed by atoms with Gasteiger partial charge in [0.2, 0.25) is 5.95 Å². The zero-order valence-electron chi connectivity index (χ0n) is 11.4. The van der Waals surface area contributed by atoms with E-state index in [2.05, 4.69) is 24.8 Å². The van der Waals surface area contributed by atoms with Crippen LogP contribution in [0.1, 0.15) is 36.0 Å². The van der Waals surface area contributed by atoms with E-state index < -0.39 is 0 Å². The first-order valence-electron chi connectivity index (χ1n) is 6.79. The van der Waals surface area contributed by atoms with Crippen LogP contribution >= 0.6 is 0 Å². The fraction of sp³-hybridized carbons (Fsp3) is 0.500. The maximum absolute atomic E-state index is 4.56. The number of aromatic nitrogens is 4. The van der Waals surface area contributed by atoms with E-state index >= 15 is 0 Å². The Morgan fingerprint density at radius 2 is 2.05 bits per heavy atom. The topological polar surface area (TPSA) is 57.7 Å². The van der Waals surface area contributed by atoms with Crippen molar-refractivity contribution >= 4 is 5.95 Å². The third-order valence-electron chi connectivity index (χ3n) is 3.58. The number of nitrogens with one attached hydrogen (secondary N) is 1. The zero-order valence-corrected chi connectivity index (χ0v) is 11.4. The minimum atomic E-state index is 0.452. The van der Waals surface area contributed by atoms with Crippen molar-refractivity contribution in [3.8, 4) is 0 Å². The minimum absolute atomic E-state index is 0.452. The van der Waals surface area contributed by atoms with Gasteiger partial charge in [-0.15, -0.1) is 0 Å². The molecule has 100 valence electrons. The van der Waals surface area contributed by atoms with Crippen LogP contribution in [0.5, 0.6) is 0 Å². The summed E-state index contributed by atoms with van der Waals surface area (Å²) in [4.78, 5) is 19.0. The van der Waals surface area contributed by atoms with Crippen LogP contribution in [0.2, 0.25) is 0 Å². The molecule has 1 aliphatic rings. The van der Waals surface area contributed by atoms with Crippen molar-refractivity contribution in [2.45, 2.75) is 32.6 Å². The molecule has 2 aromatic heterocycles. The molecular formula is C14H19N5. The Morgan fingerprint density at radius 3 is 2.74 bits per heavy atom. The Bertz CT molecular complexity index is 529. The van der Waals surface area contributed by atoms with Gasteiger partial charge in [-0.3, -0.25) is 0 Å². The highest BCUT2D eigenvalue weighted by molar-refractivity contribution is 5.33. The van der Waals surface area contributed by atoms with E-state index in [9.17, 15) is 0 Å². The van der Waals surface area contributed by atoms with Crippen LogP contribution in [0.15, 0.2) is 18.5 Å². The van der Waals surface area contributed by atoms with Gasteiger partial charge in [-0.05, 0) is 32.8 Å². The highest BCUT2D eigenvalue weighted by atomic mass is 15.3. The van der Waals surface area contributed by atoms with Crippen molar-refractivity contribution in [3.63, 3.8) is 0 Å². The van der Waals surface area contributed by atoms with Crippen molar-refractivity contribution in [2.24, 2.45) is 0 Å². The molecule has 5 heteroatoms. The van der Waals surface area contributed by atoms with Gasteiger partial charge in [-0.1, -0.05) is 0 Å². The molecule has 0 bridgehead atoms. The summed E-state index contributed by atoms with van der Waals surface area (Å²) in [6.07, 6.45) is 6.04. The van der Waals surface area contributed by atoms with Crippen LogP contribution in [0.4, 0.5) is 5.95 Å². The molecule has 0 radical (unpaired) electrons. The van der Waals surface area contributed by atoms with Crippen molar-refractivity contribution in [2.75, 3.05) is 18.0 Å². The Labute approximate surface area is 113 Å². The molecule has 0 aliphatic carbocycles. The third-order valence-corrected chi connectivity index (χ3v) is 3.58. The standard InChI is InChI=1S/C14H19N5/c1-10-8-11(2)18-14(17-10)19-7-3-4-12(9-19)13-15-5-6-16-13/h5-6,8,12H,3-4,7,9H2,1-2H3,(H,15,16). The fourth-order valence-corrected chi connectivity index (χ4v) is 2.73. The van der Waals surface area contributed by atoms with Gasteiger partial charge < -0.3 is 9.88 Å². The summed E-state index contributed by atoms with van der Waals surface area (Å²) in [5.74, 6) is 2.39. The van der Waals surface area contributed by atoms with Crippen molar-refractivity contribution in [1.82, 2.24) is 19.9 Å². The first-order chi connectivity index (χ1) is 9.22. The predicted molar refractivity (Wildman–Crippen MR) is 74.3 cm³/mol. The highest BCUT2D eigenvalue weighted by Crippen LogP contribution is 2.26. The Hall–Kier alpha value is -1.91. The zero-order chi connectivity index (χ0) is 13.2. The number of piperidine rings is 1. The molecular weight excluding hydrogens is 238 g/mol. The molecule has 3 heterocycles. The first kappa shape index (κ1) is 12.1. The number of rotatable bonds is 2. The number of aromatic amines is 1. The van der Waals surface area contributed by atoms with E-state index in [1.165, 1.54) is 6.42 Å². The number of hydrogen-bond acceptors (Lipinski definition) is 4. The molecule has 19 heavy (non-hydrogen) atoms. The van der Waals surface area contributed by atoms with Crippen molar-refractivity contribution in [3.05, 3.63) is 35.7 Å². The molecule has 0 saturated carbocycles. The maximum Gasteiger partial charge on any atom is 0.225 e. The molecule has 1 fully saturated rings.